The fourth-order valence-electron chi connectivity index (χ4n) is 2.33. The number of halogens is 1. The molecule has 3 rings (SSSR count). The van der Waals surface area contributed by atoms with Gasteiger partial charge >= 0.3 is 0 Å². The molecule has 0 saturated carbocycles. The number of hydrogen-bond acceptors (Lipinski definition) is 2. The number of fused-ring (bicyclic) bond motifs is 1. The molecule has 0 radical (unpaired) electrons. The zero-order valence-corrected chi connectivity index (χ0v) is 11.3. The third kappa shape index (κ3) is 2.11. The zero-order valence-electron chi connectivity index (χ0n) is 10.5. The van der Waals surface area contributed by atoms with Crippen molar-refractivity contribution in [2.45, 2.75) is 6.04 Å². The second-order valence-electron chi connectivity index (χ2n) is 4.59. The Kier molecular flexibility index (Phi) is 3.01. The van der Waals surface area contributed by atoms with Crippen molar-refractivity contribution in [3.63, 3.8) is 0 Å². The molecule has 3 nitrogen and oxygen atoms in total. The van der Waals surface area contributed by atoms with Crippen molar-refractivity contribution >= 4 is 22.4 Å². The normalized spacial score (nSPS) is 12.8. The van der Waals surface area contributed by atoms with E-state index in [-0.39, 0.29) is 6.04 Å². The molecule has 0 fully saturated rings. The van der Waals surface area contributed by atoms with Crippen molar-refractivity contribution < 1.29 is 0 Å². The first kappa shape index (κ1) is 12.2. The van der Waals surface area contributed by atoms with Crippen LogP contribution in [0.4, 0.5) is 0 Å². The Morgan fingerprint density at radius 2 is 1.89 bits per heavy atom. The minimum absolute atomic E-state index is 0.274. The third-order valence-corrected chi connectivity index (χ3v) is 3.66. The molecular formula is C15H14ClN3. The second-order valence-corrected chi connectivity index (χ2v) is 4.99. The first-order valence-corrected chi connectivity index (χ1v) is 6.46. The molecule has 0 bridgehead atoms. The van der Waals surface area contributed by atoms with Crippen LogP contribution in [0.1, 0.15) is 17.3 Å². The number of rotatable bonds is 2. The highest BCUT2D eigenvalue weighted by Crippen LogP contribution is 2.27. The summed E-state index contributed by atoms with van der Waals surface area (Å²) in [7, 11) is 1.85. The second kappa shape index (κ2) is 4.68. The minimum Gasteiger partial charge on any atom is -0.319 e. The van der Waals surface area contributed by atoms with E-state index >= 15 is 0 Å². The molecular weight excluding hydrogens is 258 g/mol. The highest BCUT2D eigenvalue weighted by Gasteiger charge is 2.17. The summed E-state index contributed by atoms with van der Waals surface area (Å²) in [4.78, 5) is 0. The molecule has 2 N–H and O–H groups in total. The lowest BCUT2D eigenvalue weighted by Crippen LogP contribution is -2.16. The Morgan fingerprint density at radius 1 is 1.16 bits per heavy atom. The van der Waals surface area contributed by atoms with Gasteiger partial charge in [-0.2, -0.15) is 5.10 Å². The van der Waals surface area contributed by atoms with E-state index in [0.717, 1.165) is 11.3 Å². The van der Waals surface area contributed by atoms with Gasteiger partial charge in [0.15, 0.2) is 0 Å². The van der Waals surface area contributed by atoms with E-state index in [1.807, 2.05) is 25.2 Å². The van der Waals surface area contributed by atoms with Crippen LogP contribution in [0, 0.1) is 0 Å². The van der Waals surface area contributed by atoms with Crippen molar-refractivity contribution in [2.75, 3.05) is 0 Å². The van der Waals surface area contributed by atoms with Crippen molar-refractivity contribution in [1.82, 2.24) is 9.78 Å². The summed E-state index contributed by atoms with van der Waals surface area (Å²) in [5, 5.41) is 7.11. The molecule has 1 unspecified atom stereocenters. The largest absolute Gasteiger partial charge is 0.319 e. The molecule has 96 valence electrons. The lowest BCUT2D eigenvalue weighted by molar-refractivity contribution is 0.674. The van der Waals surface area contributed by atoms with E-state index in [0.29, 0.717) is 5.02 Å². The van der Waals surface area contributed by atoms with Crippen molar-refractivity contribution in [3.05, 3.63) is 64.9 Å². The Morgan fingerprint density at radius 3 is 2.58 bits per heavy atom. The third-order valence-electron chi connectivity index (χ3n) is 3.36. The van der Waals surface area contributed by atoms with Crippen LogP contribution in [0.5, 0.6) is 0 Å². The smallest absolute Gasteiger partial charge is 0.0837 e. The van der Waals surface area contributed by atoms with Crippen LogP contribution in [-0.4, -0.2) is 9.78 Å². The van der Waals surface area contributed by atoms with Gasteiger partial charge in [0.05, 0.1) is 23.0 Å². The van der Waals surface area contributed by atoms with Crippen LogP contribution in [0.15, 0.2) is 48.7 Å². The van der Waals surface area contributed by atoms with Gasteiger partial charge in [-0.15, -0.1) is 0 Å². The number of benzene rings is 2. The average molecular weight is 272 g/mol. The quantitative estimate of drug-likeness (QED) is 0.777. The SMILES string of the molecule is Cn1ncc(Cl)c1C(N)c1ccc2ccccc2c1. The molecule has 3 aromatic rings. The molecule has 2 aromatic carbocycles. The highest BCUT2D eigenvalue weighted by atomic mass is 35.5. The molecule has 0 aliphatic carbocycles. The monoisotopic (exact) mass is 271 g/mol. The van der Waals surface area contributed by atoms with E-state index in [2.05, 4.69) is 29.4 Å². The van der Waals surface area contributed by atoms with E-state index < -0.39 is 0 Å². The van der Waals surface area contributed by atoms with Crippen molar-refractivity contribution in [3.8, 4) is 0 Å². The molecule has 0 spiro atoms. The van der Waals surface area contributed by atoms with E-state index in [1.54, 1.807) is 10.9 Å². The van der Waals surface area contributed by atoms with Gasteiger partial charge in [0.25, 0.3) is 0 Å². The van der Waals surface area contributed by atoms with Gasteiger partial charge < -0.3 is 5.73 Å². The van der Waals surface area contributed by atoms with Gasteiger partial charge in [-0.1, -0.05) is 48.0 Å². The first-order valence-electron chi connectivity index (χ1n) is 6.08. The molecule has 19 heavy (non-hydrogen) atoms. The molecule has 0 aliphatic heterocycles. The van der Waals surface area contributed by atoms with Crippen LogP contribution in [0.25, 0.3) is 10.8 Å². The lowest BCUT2D eigenvalue weighted by Gasteiger charge is -2.14. The maximum atomic E-state index is 6.31. The molecule has 1 atom stereocenters. The topological polar surface area (TPSA) is 43.8 Å². The van der Waals surface area contributed by atoms with Gasteiger partial charge in [-0.25, -0.2) is 0 Å². The number of aryl methyl sites for hydroxylation is 1. The van der Waals surface area contributed by atoms with Crippen molar-refractivity contribution in [2.24, 2.45) is 12.8 Å². The Balaban J connectivity index is 2.09. The standard InChI is InChI=1S/C15H14ClN3/c1-19-15(13(16)9-18-19)14(17)12-7-6-10-4-2-3-5-11(10)8-12/h2-9,14H,17H2,1H3. The van der Waals surface area contributed by atoms with Crippen LogP contribution in [-0.2, 0) is 7.05 Å². The average Bonchev–Trinajstić information content (AvgIpc) is 2.77. The number of nitrogens with two attached hydrogens (primary N) is 1. The predicted molar refractivity (Wildman–Crippen MR) is 78.2 cm³/mol. The fraction of sp³-hybridized carbons (Fsp3) is 0.133. The van der Waals surface area contributed by atoms with E-state index in [4.69, 9.17) is 17.3 Å². The van der Waals surface area contributed by atoms with Crippen LogP contribution in [0.2, 0.25) is 5.02 Å². The Bertz CT molecular complexity index is 714. The summed E-state index contributed by atoms with van der Waals surface area (Å²) >= 11 is 6.14. The summed E-state index contributed by atoms with van der Waals surface area (Å²) in [6, 6.07) is 14.2. The fourth-order valence-corrected chi connectivity index (χ4v) is 2.61. The van der Waals surface area contributed by atoms with Crippen LogP contribution >= 0.6 is 11.6 Å². The van der Waals surface area contributed by atoms with Crippen LogP contribution in [0.3, 0.4) is 0 Å². The molecule has 4 heteroatoms. The number of aromatic nitrogens is 2. The zero-order chi connectivity index (χ0) is 13.4. The molecule has 0 saturated heterocycles. The number of hydrogen-bond donors (Lipinski definition) is 1. The predicted octanol–water partition coefficient (Wildman–Crippen LogP) is 3.27. The minimum atomic E-state index is -0.274. The molecule has 0 amide bonds. The maximum Gasteiger partial charge on any atom is 0.0837 e. The summed E-state index contributed by atoms with van der Waals surface area (Å²) < 4.78 is 1.72. The summed E-state index contributed by atoms with van der Waals surface area (Å²) in [5.74, 6) is 0. The van der Waals surface area contributed by atoms with Crippen molar-refractivity contribution in [1.29, 1.82) is 0 Å². The summed E-state index contributed by atoms with van der Waals surface area (Å²) in [6.45, 7) is 0. The molecule has 1 aromatic heterocycles. The lowest BCUT2D eigenvalue weighted by atomic mass is 10.0. The summed E-state index contributed by atoms with van der Waals surface area (Å²) in [6.07, 6.45) is 1.62. The van der Waals surface area contributed by atoms with Gasteiger partial charge in [-0.05, 0) is 22.4 Å². The molecule has 0 aliphatic rings. The van der Waals surface area contributed by atoms with Gasteiger partial charge in [0.1, 0.15) is 0 Å². The van der Waals surface area contributed by atoms with Gasteiger partial charge in [-0.3, -0.25) is 4.68 Å². The maximum absolute atomic E-state index is 6.31. The van der Waals surface area contributed by atoms with Gasteiger partial charge in [0.2, 0.25) is 0 Å². The highest BCUT2D eigenvalue weighted by molar-refractivity contribution is 6.31. The molecule has 1 heterocycles. The van der Waals surface area contributed by atoms with E-state index in [1.165, 1.54) is 10.8 Å². The number of nitrogens with zero attached hydrogens (tertiary/aromatic N) is 2. The van der Waals surface area contributed by atoms with E-state index in [9.17, 15) is 0 Å². The van der Waals surface area contributed by atoms with Crippen LogP contribution < -0.4 is 5.73 Å². The van der Waals surface area contributed by atoms with Gasteiger partial charge in [0, 0.05) is 7.05 Å². The Labute approximate surface area is 116 Å². The summed E-state index contributed by atoms with van der Waals surface area (Å²) in [5.41, 5.74) is 8.17. The Hall–Kier alpha value is -1.84. The first-order chi connectivity index (χ1) is 9.16.